The Bertz CT molecular complexity index is 1210. The van der Waals surface area contributed by atoms with Crippen LogP contribution in [0.3, 0.4) is 0 Å². The topological polar surface area (TPSA) is 64.2 Å². The predicted molar refractivity (Wildman–Crippen MR) is 131 cm³/mol. The molecule has 33 heavy (non-hydrogen) atoms. The van der Waals surface area contributed by atoms with Crippen LogP contribution in [0.2, 0.25) is 0 Å². The van der Waals surface area contributed by atoms with Crippen molar-refractivity contribution in [3.8, 4) is 16.9 Å². The lowest BCUT2D eigenvalue weighted by Gasteiger charge is -2.24. The molecular weight excluding hydrogens is 412 g/mol. The number of fused-ring (bicyclic) bond motifs is 1. The number of esters is 1. The molecule has 4 rings (SSSR count). The summed E-state index contributed by atoms with van der Waals surface area (Å²) in [6.07, 6.45) is 2.80. The molecule has 0 amide bonds. The van der Waals surface area contributed by atoms with Crippen molar-refractivity contribution in [2.75, 3.05) is 6.61 Å². The highest BCUT2D eigenvalue weighted by molar-refractivity contribution is 5.82. The van der Waals surface area contributed by atoms with Gasteiger partial charge in [-0.2, -0.15) is 0 Å². The van der Waals surface area contributed by atoms with Gasteiger partial charge in [-0.3, -0.25) is 0 Å². The molecular formula is C28H30N2O3. The summed E-state index contributed by atoms with van der Waals surface area (Å²) in [7, 11) is 0. The van der Waals surface area contributed by atoms with Crippen LogP contribution in [0.1, 0.15) is 38.6 Å². The first-order valence-corrected chi connectivity index (χ1v) is 11.4. The van der Waals surface area contributed by atoms with Crippen molar-refractivity contribution in [3.63, 3.8) is 0 Å². The van der Waals surface area contributed by atoms with Gasteiger partial charge in [0.25, 0.3) is 0 Å². The third-order valence-corrected chi connectivity index (χ3v) is 5.58. The second kappa shape index (κ2) is 9.90. The van der Waals surface area contributed by atoms with Crippen LogP contribution in [0, 0.1) is 0 Å². The zero-order valence-corrected chi connectivity index (χ0v) is 19.4. The zero-order valence-electron chi connectivity index (χ0n) is 19.4. The van der Waals surface area contributed by atoms with Crippen molar-refractivity contribution in [3.05, 3.63) is 84.2 Å². The highest BCUT2D eigenvalue weighted by Crippen LogP contribution is 2.24. The molecule has 5 nitrogen and oxygen atoms in total. The average molecular weight is 443 g/mol. The summed E-state index contributed by atoms with van der Waals surface area (Å²) in [6.45, 7) is 5.56. The summed E-state index contributed by atoms with van der Waals surface area (Å²) in [5, 5.41) is 0. The molecule has 5 heteroatoms. The fourth-order valence-corrected chi connectivity index (χ4v) is 3.82. The summed E-state index contributed by atoms with van der Waals surface area (Å²) in [4.78, 5) is 20.2. The van der Waals surface area contributed by atoms with Gasteiger partial charge in [-0.1, -0.05) is 48.5 Å². The van der Waals surface area contributed by atoms with E-state index >= 15 is 0 Å². The fourth-order valence-electron chi connectivity index (χ4n) is 3.82. The molecule has 0 unspecified atom stereocenters. The molecule has 170 valence electrons. The molecule has 0 aliphatic rings. The zero-order chi connectivity index (χ0) is 23.3. The maximum absolute atomic E-state index is 12.0. The standard InChI is InChI=1S/C28H30N2O3/c1-4-32-27(31)28(2,3)33-23-16-13-20(14-17-23)9-8-12-26-29-24-18-15-22(19-25(24)30-26)21-10-6-5-7-11-21/h5-7,10-11,13-19H,4,8-9,12H2,1-3H3,(H,29,30). The van der Waals surface area contributed by atoms with Crippen LogP contribution < -0.4 is 4.74 Å². The fraction of sp³-hybridized carbons (Fsp3) is 0.286. The van der Waals surface area contributed by atoms with E-state index < -0.39 is 5.60 Å². The average Bonchev–Trinajstić information content (AvgIpc) is 3.23. The predicted octanol–water partition coefficient (Wildman–Crippen LogP) is 6.13. The number of rotatable bonds is 9. The van der Waals surface area contributed by atoms with Gasteiger partial charge in [-0.25, -0.2) is 9.78 Å². The highest BCUT2D eigenvalue weighted by Gasteiger charge is 2.31. The highest BCUT2D eigenvalue weighted by atomic mass is 16.6. The minimum absolute atomic E-state index is 0.337. The van der Waals surface area contributed by atoms with Crippen molar-refractivity contribution in [2.24, 2.45) is 0 Å². The summed E-state index contributed by atoms with van der Waals surface area (Å²) >= 11 is 0. The molecule has 3 aromatic carbocycles. The lowest BCUT2D eigenvalue weighted by atomic mass is 10.1. The van der Waals surface area contributed by atoms with Gasteiger partial charge in [-0.15, -0.1) is 0 Å². The van der Waals surface area contributed by atoms with Gasteiger partial charge in [0.05, 0.1) is 17.6 Å². The molecule has 0 radical (unpaired) electrons. The summed E-state index contributed by atoms with van der Waals surface area (Å²) in [5.74, 6) is 1.30. The van der Waals surface area contributed by atoms with Crippen LogP contribution in [0.5, 0.6) is 5.75 Å². The Hall–Kier alpha value is -3.60. The maximum atomic E-state index is 12.0. The van der Waals surface area contributed by atoms with Gasteiger partial charge in [0.15, 0.2) is 5.60 Å². The number of imidazole rings is 1. The van der Waals surface area contributed by atoms with Crippen LogP contribution in [-0.4, -0.2) is 28.1 Å². The van der Waals surface area contributed by atoms with E-state index in [4.69, 9.17) is 14.5 Å². The smallest absolute Gasteiger partial charge is 0.349 e. The van der Waals surface area contributed by atoms with E-state index in [0.717, 1.165) is 36.1 Å². The lowest BCUT2D eigenvalue weighted by molar-refractivity contribution is -0.158. The molecule has 4 aromatic rings. The Balaban J connectivity index is 1.33. The Morgan fingerprint density at radius 2 is 1.70 bits per heavy atom. The van der Waals surface area contributed by atoms with E-state index in [-0.39, 0.29) is 5.97 Å². The number of nitrogens with zero attached hydrogens (tertiary/aromatic N) is 1. The third-order valence-electron chi connectivity index (χ3n) is 5.58. The summed E-state index contributed by atoms with van der Waals surface area (Å²) in [6, 6.07) is 24.6. The van der Waals surface area contributed by atoms with Crippen molar-refractivity contribution in [1.82, 2.24) is 9.97 Å². The molecule has 1 N–H and O–H groups in total. The van der Waals surface area contributed by atoms with Gasteiger partial charge >= 0.3 is 5.97 Å². The molecule has 0 aliphatic carbocycles. The molecule has 0 saturated heterocycles. The maximum Gasteiger partial charge on any atom is 0.349 e. The first kappa shape index (κ1) is 22.6. The number of carbonyl (C=O) groups is 1. The van der Waals surface area contributed by atoms with Gasteiger partial charge in [0.2, 0.25) is 0 Å². The molecule has 0 saturated carbocycles. The van der Waals surface area contributed by atoms with Gasteiger partial charge in [0, 0.05) is 6.42 Å². The van der Waals surface area contributed by atoms with Gasteiger partial charge in [0.1, 0.15) is 11.6 Å². The SMILES string of the molecule is CCOC(=O)C(C)(C)Oc1ccc(CCCc2nc3ccc(-c4ccccc4)cc3[nH]2)cc1. The number of ether oxygens (including phenoxy) is 2. The minimum atomic E-state index is -1.01. The molecule has 0 spiro atoms. The Labute approximate surface area is 194 Å². The number of hydrogen-bond donors (Lipinski definition) is 1. The molecule has 0 fully saturated rings. The van der Waals surface area contributed by atoms with Crippen LogP contribution in [0.25, 0.3) is 22.2 Å². The van der Waals surface area contributed by atoms with E-state index in [1.165, 1.54) is 16.7 Å². The lowest BCUT2D eigenvalue weighted by Crippen LogP contribution is -2.39. The van der Waals surface area contributed by atoms with Crippen LogP contribution in [0.15, 0.2) is 72.8 Å². The van der Waals surface area contributed by atoms with E-state index in [2.05, 4.69) is 47.4 Å². The van der Waals surface area contributed by atoms with E-state index in [9.17, 15) is 4.79 Å². The Morgan fingerprint density at radius 1 is 0.939 bits per heavy atom. The Morgan fingerprint density at radius 3 is 2.42 bits per heavy atom. The number of aromatic nitrogens is 2. The second-order valence-electron chi connectivity index (χ2n) is 8.61. The van der Waals surface area contributed by atoms with Crippen LogP contribution >= 0.6 is 0 Å². The van der Waals surface area contributed by atoms with E-state index in [0.29, 0.717) is 12.4 Å². The summed E-state index contributed by atoms with van der Waals surface area (Å²) < 4.78 is 10.9. The molecule has 0 atom stereocenters. The van der Waals surface area contributed by atoms with Crippen molar-refractivity contribution < 1.29 is 14.3 Å². The van der Waals surface area contributed by atoms with Crippen molar-refractivity contribution in [1.29, 1.82) is 0 Å². The number of nitrogens with one attached hydrogen (secondary N) is 1. The quantitative estimate of drug-likeness (QED) is 0.317. The monoisotopic (exact) mass is 442 g/mol. The molecule has 0 aliphatic heterocycles. The number of carbonyl (C=O) groups excluding carboxylic acids is 1. The minimum Gasteiger partial charge on any atom is -0.476 e. The van der Waals surface area contributed by atoms with E-state index in [1.807, 2.05) is 30.3 Å². The number of hydrogen-bond acceptors (Lipinski definition) is 4. The second-order valence-corrected chi connectivity index (χ2v) is 8.61. The summed E-state index contributed by atoms with van der Waals surface area (Å²) in [5.41, 5.74) is 4.66. The third kappa shape index (κ3) is 5.61. The number of aryl methyl sites for hydroxylation is 2. The normalized spacial score (nSPS) is 11.5. The first-order valence-electron chi connectivity index (χ1n) is 11.4. The van der Waals surface area contributed by atoms with Gasteiger partial charge in [-0.05, 0) is 74.6 Å². The van der Waals surface area contributed by atoms with Gasteiger partial charge < -0.3 is 14.5 Å². The first-order chi connectivity index (χ1) is 15.9. The van der Waals surface area contributed by atoms with Crippen LogP contribution in [0.4, 0.5) is 0 Å². The molecule has 1 heterocycles. The van der Waals surface area contributed by atoms with E-state index in [1.54, 1.807) is 20.8 Å². The number of benzene rings is 3. The number of H-pyrrole nitrogens is 1. The molecule has 0 bridgehead atoms. The van der Waals surface area contributed by atoms with Crippen molar-refractivity contribution in [2.45, 2.75) is 45.6 Å². The number of aromatic amines is 1. The largest absolute Gasteiger partial charge is 0.476 e. The van der Waals surface area contributed by atoms with Crippen molar-refractivity contribution >= 4 is 17.0 Å². The van der Waals surface area contributed by atoms with Crippen LogP contribution in [-0.2, 0) is 22.4 Å². The molecule has 1 aromatic heterocycles. The Kier molecular flexibility index (Phi) is 6.78.